The van der Waals surface area contributed by atoms with Crippen LogP contribution in [0.2, 0.25) is 0 Å². The van der Waals surface area contributed by atoms with Crippen LogP contribution in [0.3, 0.4) is 0 Å². The summed E-state index contributed by atoms with van der Waals surface area (Å²) in [6, 6.07) is 17.1. The summed E-state index contributed by atoms with van der Waals surface area (Å²) < 4.78 is 83.6. The molecule has 0 amide bonds. The minimum Gasteiger partial charge on any atom is -0.465 e. The van der Waals surface area contributed by atoms with Crippen LogP contribution in [0, 0.1) is 0 Å². The molecular formula is C26H16F6O2. The monoisotopic (exact) mass is 474 g/mol. The van der Waals surface area contributed by atoms with Gasteiger partial charge in [-0.3, -0.25) is 0 Å². The largest absolute Gasteiger partial charge is 0.465 e. The lowest BCUT2D eigenvalue weighted by Gasteiger charge is -2.19. The van der Waals surface area contributed by atoms with Crippen molar-refractivity contribution in [3.63, 3.8) is 0 Å². The fourth-order valence-electron chi connectivity index (χ4n) is 3.87. The van der Waals surface area contributed by atoms with Crippen molar-refractivity contribution in [1.82, 2.24) is 0 Å². The topological polar surface area (TPSA) is 26.3 Å². The van der Waals surface area contributed by atoms with E-state index in [-0.39, 0.29) is 16.7 Å². The van der Waals surface area contributed by atoms with Crippen molar-refractivity contribution < 1.29 is 35.9 Å². The van der Waals surface area contributed by atoms with Crippen LogP contribution >= 0.6 is 0 Å². The number of esters is 1. The molecule has 0 N–H and O–H groups in total. The second-order valence-electron chi connectivity index (χ2n) is 7.54. The lowest BCUT2D eigenvalue weighted by atomic mass is 9.85. The Bertz CT molecular complexity index is 1350. The number of alkyl halides is 6. The van der Waals surface area contributed by atoms with Gasteiger partial charge in [-0.2, -0.15) is 26.3 Å². The number of benzene rings is 4. The lowest BCUT2D eigenvalue weighted by Crippen LogP contribution is -2.07. The lowest BCUT2D eigenvalue weighted by molar-refractivity contribution is -0.138. The summed E-state index contributed by atoms with van der Waals surface area (Å²) >= 11 is 0. The Hall–Kier alpha value is -3.81. The summed E-state index contributed by atoms with van der Waals surface area (Å²) in [4.78, 5) is 12.7. The Morgan fingerprint density at radius 2 is 1.15 bits per heavy atom. The Labute approximate surface area is 190 Å². The summed E-state index contributed by atoms with van der Waals surface area (Å²) in [5.41, 5.74) is -0.311. The van der Waals surface area contributed by atoms with Gasteiger partial charge in [-0.25, -0.2) is 4.79 Å². The van der Waals surface area contributed by atoms with Crippen molar-refractivity contribution in [3.05, 3.63) is 95.6 Å². The SMILES string of the molecule is COC(=O)c1cc2ccccc2c(-c2ccc(C(F)(F)F)cc2)c1-c1ccc(C(F)(F)F)cc1. The van der Waals surface area contributed by atoms with E-state index in [1.807, 2.05) is 0 Å². The predicted molar refractivity (Wildman–Crippen MR) is 116 cm³/mol. The Balaban J connectivity index is 2.06. The van der Waals surface area contributed by atoms with Crippen LogP contribution in [0.4, 0.5) is 26.3 Å². The normalized spacial score (nSPS) is 12.1. The maximum absolute atomic E-state index is 13.1. The molecule has 174 valence electrons. The molecular weight excluding hydrogens is 458 g/mol. The van der Waals surface area contributed by atoms with E-state index < -0.39 is 29.4 Å². The number of methoxy groups -OCH3 is 1. The number of hydrogen-bond donors (Lipinski definition) is 0. The first-order valence-electron chi connectivity index (χ1n) is 10.00. The molecule has 0 aromatic heterocycles. The summed E-state index contributed by atoms with van der Waals surface area (Å²) in [6.45, 7) is 0. The van der Waals surface area contributed by atoms with Crippen molar-refractivity contribution in [3.8, 4) is 22.3 Å². The summed E-state index contributed by atoms with van der Waals surface area (Å²) in [6.07, 6.45) is -9.09. The number of ether oxygens (including phenoxy) is 1. The molecule has 0 aliphatic rings. The number of carbonyl (C=O) groups is 1. The van der Waals surface area contributed by atoms with Gasteiger partial charge in [0.05, 0.1) is 23.8 Å². The molecule has 0 aliphatic carbocycles. The molecule has 0 unspecified atom stereocenters. The van der Waals surface area contributed by atoms with Gasteiger partial charge in [-0.05, 0) is 57.8 Å². The van der Waals surface area contributed by atoms with Crippen LogP contribution in [0.5, 0.6) is 0 Å². The molecule has 34 heavy (non-hydrogen) atoms. The minimum absolute atomic E-state index is 0.0795. The molecule has 0 fully saturated rings. The maximum Gasteiger partial charge on any atom is 0.416 e. The molecule has 0 bridgehead atoms. The third-order valence-electron chi connectivity index (χ3n) is 5.46. The number of fused-ring (bicyclic) bond motifs is 1. The van der Waals surface area contributed by atoms with E-state index in [2.05, 4.69) is 0 Å². The van der Waals surface area contributed by atoms with Crippen molar-refractivity contribution in [1.29, 1.82) is 0 Å². The molecule has 8 heteroatoms. The van der Waals surface area contributed by atoms with Crippen LogP contribution in [0.15, 0.2) is 78.9 Å². The Morgan fingerprint density at radius 3 is 1.62 bits per heavy atom. The van der Waals surface area contributed by atoms with Crippen LogP contribution < -0.4 is 0 Å². The van der Waals surface area contributed by atoms with Gasteiger partial charge in [0.2, 0.25) is 0 Å². The standard InChI is InChI=1S/C26H16F6O2/c1-34-24(33)21-14-17-4-2-3-5-20(17)22(15-6-10-18(11-7-15)25(27,28)29)23(21)16-8-12-19(13-9-16)26(30,31)32/h2-14H,1H3. The molecule has 0 aliphatic heterocycles. The Kier molecular flexibility index (Phi) is 5.85. The van der Waals surface area contributed by atoms with Crippen molar-refractivity contribution in [2.75, 3.05) is 7.11 Å². The minimum atomic E-state index is -4.55. The third kappa shape index (κ3) is 4.35. The van der Waals surface area contributed by atoms with Gasteiger partial charge < -0.3 is 4.74 Å². The molecule has 4 rings (SSSR count). The van der Waals surface area contributed by atoms with Gasteiger partial charge >= 0.3 is 18.3 Å². The van der Waals surface area contributed by atoms with E-state index in [0.717, 1.165) is 24.3 Å². The van der Waals surface area contributed by atoms with E-state index in [9.17, 15) is 31.1 Å². The molecule has 2 nitrogen and oxygen atoms in total. The van der Waals surface area contributed by atoms with E-state index >= 15 is 0 Å². The van der Waals surface area contributed by atoms with Gasteiger partial charge in [0.25, 0.3) is 0 Å². The van der Waals surface area contributed by atoms with E-state index in [4.69, 9.17) is 4.74 Å². The maximum atomic E-state index is 13.1. The molecule has 0 saturated carbocycles. The van der Waals surface area contributed by atoms with Gasteiger partial charge in [0.15, 0.2) is 0 Å². The van der Waals surface area contributed by atoms with Crippen LogP contribution in [-0.2, 0) is 17.1 Å². The first kappa shape index (κ1) is 23.4. The summed E-state index contributed by atoms with van der Waals surface area (Å²) in [5, 5.41) is 1.23. The van der Waals surface area contributed by atoms with E-state index in [1.54, 1.807) is 30.3 Å². The second-order valence-corrected chi connectivity index (χ2v) is 7.54. The van der Waals surface area contributed by atoms with E-state index in [0.29, 0.717) is 21.9 Å². The molecule has 0 heterocycles. The molecule has 4 aromatic carbocycles. The highest BCUT2D eigenvalue weighted by Gasteiger charge is 2.32. The number of rotatable bonds is 3. The number of hydrogen-bond acceptors (Lipinski definition) is 2. The average Bonchev–Trinajstić information content (AvgIpc) is 2.81. The van der Waals surface area contributed by atoms with Crippen LogP contribution in [-0.4, -0.2) is 13.1 Å². The van der Waals surface area contributed by atoms with Crippen LogP contribution in [0.25, 0.3) is 33.0 Å². The first-order valence-corrected chi connectivity index (χ1v) is 10.00. The highest BCUT2D eigenvalue weighted by molar-refractivity contribution is 6.12. The highest BCUT2D eigenvalue weighted by atomic mass is 19.4. The quantitative estimate of drug-likeness (QED) is 0.222. The summed E-state index contributed by atoms with van der Waals surface area (Å²) in [5.74, 6) is -0.728. The van der Waals surface area contributed by atoms with Crippen LogP contribution in [0.1, 0.15) is 21.5 Å². The van der Waals surface area contributed by atoms with Gasteiger partial charge in [-0.15, -0.1) is 0 Å². The summed E-state index contributed by atoms with van der Waals surface area (Å²) in [7, 11) is 1.17. The zero-order valence-electron chi connectivity index (χ0n) is 17.6. The predicted octanol–water partition coefficient (Wildman–Crippen LogP) is 8.00. The fourth-order valence-corrected chi connectivity index (χ4v) is 3.87. The molecule has 0 atom stereocenters. The Morgan fingerprint density at radius 1 is 0.676 bits per heavy atom. The van der Waals surface area contributed by atoms with Crippen molar-refractivity contribution in [2.45, 2.75) is 12.4 Å². The smallest absolute Gasteiger partial charge is 0.416 e. The van der Waals surface area contributed by atoms with Crippen molar-refractivity contribution >= 4 is 16.7 Å². The first-order chi connectivity index (χ1) is 16.0. The van der Waals surface area contributed by atoms with Crippen molar-refractivity contribution in [2.24, 2.45) is 0 Å². The molecule has 0 saturated heterocycles. The van der Waals surface area contributed by atoms with Gasteiger partial charge in [-0.1, -0.05) is 48.5 Å². The number of halogens is 6. The number of carbonyl (C=O) groups excluding carboxylic acids is 1. The van der Waals surface area contributed by atoms with Gasteiger partial charge in [0, 0.05) is 5.56 Å². The van der Waals surface area contributed by atoms with E-state index in [1.165, 1.54) is 31.4 Å². The zero-order valence-corrected chi connectivity index (χ0v) is 17.6. The third-order valence-corrected chi connectivity index (χ3v) is 5.46. The average molecular weight is 474 g/mol. The second kappa shape index (κ2) is 8.52. The molecule has 0 radical (unpaired) electrons. The fraction of sp³-hybridized carbons (Fsp3) is 0.115. The highest BCUT2D eigenvalue weighted by Crippen LogP contribution is 2.43. The molecule has 4 aromatic rings. The zero-order chi connectivity index (χ0) is 24.7. The molecule has 0 spiro atoms. The van der Waals surface area contributed by atoms with Gasteiger partial charge in [0.1, 0.15) is 0 Å².